The number of carbonyl (C=O) groups is 1. The second kappa shape index (κ2) is 8.46. The van der Waals surface area contributed by atoms with Crippen LogP contribution >= 0.6 is 0 Å². The maximum absolute atomic E-state index is 14.5. The van der Waals surface area contributed by atoms with Gasteiger partial charge in [0, 0.05) is 5.69 Å². The molecule has 5 nitrogen and oxygen atoms in total. The Hall–Kier alpha value is -2.63. The maximum atomic E-state index is 14.5. The van der Waals surface area contributed by atoms with E-state index >= 15 is 0 Å². The summed E-state index contributed by atoms with van der Waals surface area (Å²) >= 11 is 0. The number of anilines is 2. The summed E-state index contributed by atoms with van der Waals surface area (Å²) in [7, 11) is 0. The summed E-state index contributed by atoms with van der Waals surface area (Å²) in [6, 6.07) is 6.43. The Morgan fingerprint density at radius 3 is 2.76 bits per heavy atom. The van der Waals surface area contributed by atoms with Crippen LogP contribution in [0.2, 0.25) is 0 Å². The fourth-order valence-electron chi connectivity index (χ4n) is 2.60. The van der Waals surface area contributed by atoms with Crippen LogP contribution in [0.3, 0.4) is 0 Å². The lowest BCUT2D eigenvalue weighted by atomic mass is 10.1. The number of aryl methyl sites for hydroxylation is 2. The standard InChI is InChI=1S/C19H24FN3O2/c1-4-5-6-10-25-15-9-7-8-14(17(15)20)23-19(24)16-12(2)11-13(3)22-18(16)21/h7-9,11H,4-6,10H2,1-3H3,(H2,21,22)(H,23,24). The van der Waals surface area contributed by atoms with Crippen molar-refractivity contribution in [3.05, 3.63) is 46.9 Å². The predicted molar refractivity (Wildman–Crippen MR) is 97.5 cm³/mol. The van der Waals surface area contributed by atoms with Gasteiger partial charge in [-0.2, -0.15) is 0 Å². The van der Waals surface area contributed by atoms with Crippen LogP contribution in [-0.2, 0) is 0 Å². The van der Waals surface area contributed by atoms with Gasteiger partial charge in [0.05, 0.1) is 17.9 Å². The minimum atomic E-state index is -0.594. The lowest BCUT2D eigenvalue weighted by Crippen LogP contribution is -2.18. The van der Waals surface area contributed by atoms with Gasteiger partial charge in [0.2, 0.25) is 0 Å². The minimum Gasteiger partial charge on any atom is -0.490 e. The molecular weight excluding hydrogens is 321 g/mol. The number of nitrogen functional groups attached to an aromatic ring is 1. The fraction of sp³-hybridized carbons (Fsp3) is 0.368. The zero-order valence-corrected chi connectivity index (χ0v) is 14.9. The van der Waals surface area contributed by atoms with E-state index in [9.17, 15) is 9.18 Å². The van der Waals surface area contributed by atoms with E-state index in [4.69, 9.17) is 10.5 Å². The van der Waals surface area contributed by atoms with E-state index < -0.39 is 11.7 Å². The first-order valence-corrected chi connectivity index (χ1v) is 8.40. The Bertz CT molecular complexity index is 739. The largest absolute Gasteiger partial charge is 0.490 e. The van der Waals surface area contributed by atoms with Crippen molar-refractivity contribution in [2.75, 3.05) is 17.7 Å². The SMILES string of the molecule is CCCCCOc1cccc(NC(=O)c2c(C)cc(C)nc2N)c1F. The first-order valence-electron chi connectivity index (χ1n) is 8.40. The second-order valence-corrected chi connectivity index (χ2v) is 5.97. The molecule has 0 bridgehead atoms. The van der Waals surface area contributed by atoms with Crippen molar-refractivity contribution in [2.45, 2.75) is 40.0 Å². The first kappa shape index (κ1) is 18.7. The zero-order valence-electron chi connectivity index (χ0n) is 14.9. The number of nitrogens with zero attached hydrogens (tertiary/aromatic N) is 1. The van der Waals surface area contributed by atoms with Gasteiger partial charge in [-0.25, -0.2) is 9.37 Å². The summed E-state index contributed by atoms with van der Waals surface area (Å²) in [5.74, 6) is -0.837. The van der Waals surface area contributed by atoms with E-state index in [1.807, 2.05) is 0 Å². The summed E-state index contributed by atoms with van der Waals surface area (Å²) in [5.41, 5.74) is 7.56. The number of hydrogen-bond donors (Lipinski definition) is 2. The number of pyridine rings is 1. The number of nitrogens with one attached hydrogen (secondary N) is 1. The molecule has 1 aromatic heterocycles. The third-order valence-electron chi connectivity index (χ3n) is 3.82. The van der Waals surface area contributed by atoms with Gasteiger partial charge in [-0.1, -0.05) is 25.8 Å². The number of benzene rings is 1. The molecule has 2 aromatic rings. The third-order valence-corrected chi connectivity index (χ3v) is 3.82. The molecule has 0 radical (unpaired) electrons. The fourth-order valence-corrected chi connectivity index (χ4v) is 2.60. The van der Waals surface area contributed by atoms with Crippen LogP contribution in [0.15, 0.2) is 24.3 Å². The van der Waals surface area contributed by atoms with Crippen LogP contribution in [0.5, 0.6) is 5.75 Å². The summed E-state index contributed by atoms with van der Waals surface area (Å²) in [5, 5.41) is 2.56. The molecule has 0 spiro atoms. The summed E-state index contributed by atoms with van der Waals surface area (Å²) in [6.07, 6.45) is 2.95. The maximum Gasteiger partial charge on any atom is 0.259 e. The highest BCUT2D eigenvalue weighted by atomic mass is 19.1. The summed E-state index contributed by atoms with van der Waals surface area (Å²) < 4.78 is 20.0. The summed E-state index contributed by atoms with van der Waals surface area (Å²) in [6.45, 7) is 6.09. The molecule has 2 rings (SSSR count). The molecule has 0 saturated carbocycles. The minimum absolute atomic E-state index is 0.0531. The van der Waals surface area contributed by atoms with Gasteiger partial charge in [-0.15, -0.1) is 0 Å². The molecule has 0 fully saturated rings. The van der Waals surface area contributed by atoms with E-state index in [0.717, 1.165) is 25.0 Å². The lowest BCUT2D eigenvalue weighted by Gasteiger charge is -2.13. The summed E-state index contributed by atoms with van der Waals surface area (Å²) in [4.78, 5) is 16.6. The lowest BCUT2D eigenvalue weighted by molar-refractivity contribution is 0.102. The van der Waals surface area contributed by atoms with E-state index in [1.165, 1.54) is 6.07 Å². The number of aromatic nitrogens is 1. The number of amides is 1. The van der Waals surface area contributed by atoms with E-state index in [2.05, 4.69) is 17.2 Å². The second-order valence-electron chi connectivity index (χ2n) is 5.97. The van der Waals surface area contributed by atoms with Crippen LogP contribution in [-0.4, -0.2) is 17.5 Å². The van der Waals surface area contributed by atoms with Crippen molar-refractivity contribution in [2.24, 2.45) is 0 Å². The van der Waals surface area contributed by atoms with Gasteiger partial charge in [0.1, 0.15) is 5.82 Å². The molecule has 1 aromatic carbocycles. The van der Waals surface area contributed by atoms with Crippen molar-refractivity contribution >= 4 is 17.4 Å². The van der Waals surface area contributed by atoms with Crippen LogP contribution in [0.1, 0.15) is 47.8 Å². The third kappa shape index (κ3) is 4.68. The number of nitrogens with two attached hydrogens (primary N) is 1. The Morgan fingerprint density at radius 2 is 2.08 bits per heavy atom. The molecule has 1 amide bonds. The topological polar surface area (TPSA) is 77.2 Å². The average molecular weight is 345 g/mol. The van der Waals surface area contributed by atoms with Crippen molar-refractivity contribution in [3.63, 3.8) is 0 Å². The molecule has 0 aliphatic carbocycles. The monoisotopic (exact) mass is 345 g/mol. The van der Waals surface area contributed by atoms with Crippen molar-refractivity contribution in [1.82, 2.24) is 4.98 Å². The number of carbonyl (C=O) groups excluding carboxylic acids is 1. The van der Waals surface area contributed by atoms with Gasteiger partial charge in [-0.05, 0) is 44.0 Å². The van der Waals surface area contributed by atoms with E-state index in [1.54, 1.807) is 32.0 Å². The average Bonchev–Trinajstić information content (AvgIpc) is 2.53. The molecule has 0 aliphatic heterocycles. The van der Waals surface area contributed by atoms with Gasteiger partial charge < -0.3 is 15.8 Å². The Kier molecular flexibility index (Phi) is 6.33. The number of unbranched alkanes of at least 4 members (excludes halogenated alkanes) is 2. The molecule has 1 heterocycles. The van der Waals surface area contributed by atoms with Crippen molar-refractivity contribution in [1.29, 1.82) is 0 Å². The Labute approximate surface area is 147 Å². The molecular formula is C19H24FN3O2. The van der Waals surface area contributed by atoms with Crippen LogP contribution in [0.4, 0.5) is 15.9 Å². The highest BCUT2D eigenvalue weighted by Gasteiger charge is 2.18. The molecule has 0 unspecified atom stereocenters. The van der Waals surface area contributed by atoms with Crippen LogP contribution in [0, 0.1) is 19.7 Å². The number of ether oxygens (including phenoxy) is 1. The van der Waals surface area contributed by atoms with Gasteiger partial charge in [0.25, 0.3) is 5.91 Å². The van der Waals surface area contributed by atoms with Gasteiger partial charge in [-0.3, -0.25) is 4.79 Å². The normalized spacial score (nSPS) is 10.6. The first-order chi connectivity index (χ1) is 11.9. The molecule has 0 atom stereocenters. The Morgan fingerprint density at radius 1 is 1.32 bits per heavy atom. The molecule has 6 heteroatoms. The smallest absolute Gasteiger partial charge is 0.259 e. The highest BCUT2D eigenvalue weighted by molar-refractivity contribution is 6.08. The number of halogens is 1. The quantitative estimate of drug-likeness (QED) is 0.736. The number of rotatable bonds is 7. The van der Waals surface area contributed by atoms with Crippen molar-refractivity contribution in [3.8, 4) is 5.75 Å². The highest BCUT2D eigenvalue weighted by Crippen LogP contribution is 2.26. The van der Waals surface area contributed by atoms with Gasteiger partial charge in [0.15, 0.2) is 11.6 Å². The van der Waals surface area contributed by atoms with Crippen molar-refractivity contribution < 1.29 is 13.9 Å². The predicted octanol–water partition coefficient (Wildman–Crippen LogP) is 4.24. The van der Waals surface area contributed by atoms with Crippen LogP contribution in [0.25, 0.3) is 0 Å². The van der Waals surface area contributed by atoms with Crippen LogP contribution < -0.4 is 15.8 Å². The Balaban J connectivity index is 2.16. The van der Waals surface area contributed by atoms with E-state index in [0.29, 0.717) is 12.2 Å². The number of hydrogen-bond acceptors (Lipinski definition) is 4. The molecule has 0 saturated heterocycles. The molecule has 3 N–H and O–H groups in total. The van der Waals surface area contributed by atoms with E-state index in [-0.39, 0.29) is 22.8 Å². The molecule has 25 heavy (non-hydrogen) atoms. The molecule has 0 aliphatic rings. The van der Waals surface area contributed by atoms with Gasteiger partial charge >= 0.3 is 0 Å². The molecule has 134 valence electrons. The zero-order chi connectivity index (χ0) is 18.4.